The van der Waals surface area contributed by atoms with Gasteiger partial charge in [0.05, 0.1) is 0 Å². The molecule has 132 valence electrons. The number of hydrogen-bond donors (Lipinski definition) is 0. The maximum atomic E-state index is 11.9. The quantitative estimate of drug-likeness (QED) is 0.328. The van der Waals surface area contributed by atoms with Crippen molar-refractivity contribution in [2.75, 3.05) is 13.2 Å². The lowest BCUT2D eigenvalue weighted by Gasteiger charge is -2.05. The third-order valence-electron chi connectivity index (χ3n) is 3.21. The number of rotatable bonds is 7. The summed E-state index contributed by atoms with van der Waals surface area (Å²) in [5.41, 5.74) is 0.915. The van der Waals surface area contributed by atoms with Crippen LogP contribution in [0.3, 0.4) is 0 Å². The molecule has 0 unspecified atom stereocenters. The number of nitrogens with zero attached hydrogens (tertiary/aromatic N) is 1. The fourth-order valence-electron chi connectivity index (χ4n) is 1.94. The second-order valence-corrected chi connectivity index (χ2v) is 5.29. The lowest BCUT2D eigenvalue weighted by atomic mass is 10.2. The molecule has 0 saturated carbocycles. The Balaban J connectivity index is 1.96. The molecule has 0 aliphatic rings. The average molecular weight is 351 g/mol. The van der Waals surface area contributed by atoms with Gasteiger partial charge in [-0.2, -0.15) is 5.26 Å². The maximum absolute atomic E-state index is 11.9. The number of furan rings is 1. The Hall–Kier alpha value is -3.59. The molecule has 1 aromatic carbocycles. The predicted molar refractivity (Wildman–Crippen MR) is 94.5 cm³/mol. The second-order valence-electron chi connectivity index (χ2n) is 5.29. The zero-order valence-corrected chi connectivity index (χ0v) is 14.2. The van der Waals surface area contributed by atoms with Crippen LogP contribution in [-0.2, 0) is 19.1 Å². The minimum atomic E-state index is -0.823. The fraction of sp³-hybridized carbons (Fsp3) is 0.150. The van der Waals surface area contributed by atoms with E-state index in [0.717, 1.165) is 5.56 Å². The van der Waals surface area contributed by atoms with Gasteiger partial charge in [-0.05, 0) is 19.1 Å². The van der Waals surface area contributed by atoms with E-state index in [1.807, 2.05) is 30.3 Å². The Morgan fingerprint density at radius 1 is 1.12 bits per heavy atom. The van der Waals surface area contributed by atoms with Crippen molar-refractivity contribution >= 4 is 18.0 Å². The van der Waals surface area contributed by atoms with E-state index in [1.54, 1.807) is 18.2 Å². The second kappa shape index (κ2) is 9.04. The Labute approximate surface area is 150 Å². The van der Waals surface area contributed by atoms with Crippen LogP contribution in [0.5, 0.6) is 0 Å². The molecule has 6 nitrogen and oxygen atoms in total. The van der Waals surface area contributed by atoms with Crippen molar-refractivity contribution in [1.29, 1.82) is 5.26 Å². The van der Waals surface area contributed by atoms with E-state index in [0.29, 0.717) is 11.5 Å². The van der Waals surface area contributed by atoms with Crippen LogP contribution < -0.4 is 0 Å². The molecule has 1 heterocycles. The predicted octanol–water partition coefficient (Wildman–Crippen LogP) is 3.52. The van der Waals surface area contributed by atoms with Crippen LogP contribution in [0.2, 0.25) is 0 Å². The van der Waals surface area contributed by atoms with Crippen molar-refractivity contribution in [3.8, 4) is 17.4 Å². The van der Waals surface area contributed by atoms with Crippen molar-refractivity contribution in [3.05, 3.63) is 65.9 Å². The van der Waals surface area contributed by atoms with Crippen LogP contribution in [-0.4, -0.2) is 25.2 Å². The molecule has 6 heteroatoms. The van der Waals surface area contributed by atoms with Crippen molar-refractivity contribution in [3.63, 3.8) is 0 Å². The van der Waals surface area contributed by atoms with Crippen molar-refractivity contribution in [2.24, 2.45) is 0 Å². The van der Waals surface area contributed by atoms with Gasteiger partial charge >= 0.3 is 11.9 Å². The first-order chi connectivity index (χ1) is 12.5. The molecule has 2 rings (SSSR count). The number of esters is 2. The molecule has 0 fully saturated rings. The van der Waals surface area contributed by atoms with Gasteiger partial charge in [-0.25, -0.2) is 9.59 Å². The molecule has 2 aromatic rings. The molecule has 1 aromatic heterocycles. The van der Waals surface area contributed by atoms with E-state index in [-0.39, 0.29) is 24.4 Å². The lowest BCUT2D eigenvalue weighted by Crippen LogP contribution is -2.15. The van der Waals surface area contributed by atoms with Crippen molar-refractivity contribution in [2.45, 2.75) is 6.92 Å². The molecule has 0 saturated heterocycles. The van der Waals surface area contributed by atoms with E-state index < -0.39 is 11.9 Å². The van der Waals surface area contributed by atoms with E-state index in [1.165, 1.54) is 13.0 Å². The first kappa shape index (κ1) is 18.7. The standard InChI is InChI=1S/C20H17NO5/c1-14(2)19(22)24-10-11-25-20(23)16(13-21)12-17-8-9-18(26-17)15-6-4-3-5-7-15/h3-9,12H,1,10-11H2,2H3. The third kappa shape index (κ3) is 5.21. The van der Waals surface area contributed by atoms with E-state index in [9.17, 15) is 9.59 Å². The zero-order chi connectivity index (χ0) is 18.9. The first-order valence-corrected chi connectivity index (χ1v) is 7.78. The molecular weight excluding hydrogens is 334 g/mol. The van der Waals surface area contributed by atoms with Crippen molar-refractivity contribution in [1.82, 2.24) is 0 Å². The fourth-order valence-corrected chi connectivity index (χ4v) is 1.94. The van der Waals surface area contributed by atoms with Gasteiger partial charge in [0.25, 0.3) is 0 Å². The average Bonchev–Trinajstić information content (AvgIpc) is 3.12. The van der Waals surface area contributed by atoms with Crippen LogP contribution in [0.25, 0.3) is 17.4 Å². The summed E-state index contributed by atoms with van der Waals surface area (Å²) >= 11 is 0. The number of nitriles is 1. The Kier molecular flexibility index (Phi) is 6.52. The van der Waals surface area contributed by atoms with Gasteiger partial charge in [0.2, 0.25) is 0 Å². The molecule has 0 bridgehead atoms. The van der Waals surface area contributed by atoms with Crippen LogP contribution in [0, 0.1) is 11.3 Å². The van der Waals surface area contributed by atoms with E-state index in [4.69, 9.17) is 19.2 Å². The summed E-state index contributed by atoms with van der Waals surface area (Å²) in [6.07, 6.45) is 1.30. The van der Waals surface area contributed by atoms with Gasteiger partial charge in [-0.1, -0.05) is 36.9 Å². The maximum Gasteiger partial charge on any atom is 0.349 e. The SMILES string of the molecule is C=C(C)C(=O)OCCOC(=O)C(C#N)=Cc1ccc(-c2ccccc2)o1. The van der Waals surface area contributed by atoms with Gasteiger partial charge < -0.3 is 13.9 Å². The van der Waals surface area contributed by atoms with Crippen LogP contribution in [0.4, 0.5) is 0 Å². The number of carbonyl (C=O) groups excluding carboxylic acids is 2. The Morgan fingerprint density at radius 3 is 2.38 bits per heavy atom. The smallest absolute Gasteiger partial charge is 0.349 e. The molecule has 0 aliphatic heterocycles. The molecule has 0 spiro atoms. The van der Waals surface area contributed by atoms with Gasteiger partial charge in [0.15, 0.2) is 0 Å². The number of hydrogen-bond acceptors (Lipinski definition) is 6. The number of ether oxygens (including phenoxy) is 2. The number of benzene rings is 1. The highest BCUT2D eigenvalue weighted by Crippen LogP contribution is 2.23. The summed E-state index contributed by atoms with van der Waals surface area (Å²) in [5, 5.41) is 9.14. The monoisotopic (exact) mass is 351 g/mol. The van der Waals surface area contributed by atoms with Gasteiger partial charge in [-0.15, -0.1) is 0 Å². The first-order valence-electron chi connectivity index (χ1n) is 7.78. The van der Waals surface area contributed by atoms with Crippen LogP contribution >= 0.6 is 0 Å². The molecule has 26 heavy (non-hydrogen) atoms. The summed E-state index contributed by atoms with van der Waals surface area (Å²) in [7, 11) is 0. The molecule has 0 amide bonds. The Morgan fingerprint density at radius 2 is 1.77 bits per heavy atom. The summed E-state index contributed by atoms with van der Waals surface area (Å²) in [6.45, 7) is 4.67. The largest absolute Gasteiger partial charge is 0.459 e. The third-order valence-corrected chi connectivity index (χ3v) is 3.21. The zero-order valence-electron chi connectivity index (χ0n) is 14.2. The molecule has 0 atom stereocenters. The highest BCUT2D eigenvalue weighted by Gasteiger charge is 2.13. The van der Waals surface area contributed by atoms with Gasteiger partial charge in [0, 0.05) is 17.2 Å². The Bertz CT molecular complexity index is 871. The minimum Gasteiger partial charge on any atom is -0.459 e. The topological polar surface area (TPSA) is 89.5 Å². The highest BCUT2D eigenvalue weighted by molar-refractivity contribution is 5.97. The summed E-state index contributed by atoms with van der Waals surface area (Å²) < 4.78 is 15.3. The van der Waals surface area contributed by atoms with E-state index in [2.05, 4.69) is 6.58 Å². The molecular formula is C20H17NO5. The van der Waals surface area contributed by atoms with Gasteiger partial charge in [0.1, 0.15) is 36.4 Å². The summed E-state index contributed by atoms with van der Waals surface area (Å²) in [5.74, 6) is -0.419. The highest BCUT2D eigenvalue weighted by atomic mass is 16.6. The van der Waals surface area contributed by atoms with Crippen LogP contribution in [0.15, 0.2) is 64.6 Å². The molecule has 0 radical (unpaired) electrons. The van der Waals surface area contributed by atoms with Crippen molar-refractivity contribution < 1.29 is 23.5 Å². The van der Waals surface area contributed by atoms with Crippen LogP contribution in [0.1, 0.15) is 12.7 Å². The lowest BCUT2D eigenvalue weighted by molar-refractivity contribution is -0.147. The minimum absolute atomic E-state index is 0.116. The molecule has 0 N–H and O–H groups in total. The summed E-state index contributed by atoms with van der Waals surface area (Å²) in [4.78, 5) is 23.1. The molecule has 0 aliphatic carbocycles. The normalized spacial score (nSPS) is 10.7. The number of carbonyl (C=O) groups is 2. The van der Waals surface area contributed by atoms with Gasteiger partial charge in [-0.3, -0.25) is 0 Å². The summed E-state index contributed by atoms with van der Waals surface area (Å²) in [6, 6.07) is 14.6. The van der Waals surface area contributed by atoms with E-state index >= 15 is 0 Å².